The highest BCUT2D eigenvalue weighted by Crippen LogP contribution is 2.38. The third kappa shape index (κ3) is 3.85. The fraction of sp³-hybridized carbons (Fsp3) is 0.333. The van der Waals surface area contributed by atoms with E-state index in [1.165, 1.54) is 30.0 Å². The monoisotopic (exact) mass is 370 g/mol. The van der Waals surface area contributed by atoms with Crippen molar-refractivity contribution in [2.75, 3.05) is 6.54 Å². The van der Waals surface area contributed by atoms with Crippen molar-refractivity contribution in [2.24, 2.45) is 0 Å². The molecule has 0 spiro atoms. The fourth-order valence-corrected chi connectivity index (χ4v) is 3.65. The van der Waals surface area contributed by atoms with Gasteiger partial charge in [-0.3, -0.25) is 9.59 Å². The van der Waals surface area contributed by atoms with E-state index in [0.717, 1.165) is 5.56 Å². The van der Waals surface area contributed by atoms with Crippen molar-refractivity contribution in [1.82, 2.24) is 10.2 Å². The number of hydrogen-bond donors (Lipinski definition) is 2. The lowest BCUT2D eigenvalue weighted by molar-refractivity contribution is -0.125. The van der Waals surface area contributed by atoms with E-state index < -0.39 is 29.4 Å². The number of carbonyl (C=O) groups excluding carboxylic acids is 2. The Morgan fingerprint density at radius 3 is 2.41 bits per heavy atom. The van der Waals surface area contributed by atoms with Crippen LogP contribution in [0.5, 0.6) is 0 Å². The van der Waals surface area contributed by atoms with Gasteiger partial charge in [0.05, 0.1) is 23.2 Å². The standard InChI is InChI=1S/C21H23FN2O3/c1-14(25)23-19-18(15-8-4-3-5-9-15)24(13-12-21(19,2)27)20(26)16-10-6-7-11-17(16)22/h3-11,18-19,27H,12-13H2,1-2H3,(H,23,25). The van der Waals surface area contributed by atoms with Gasteiger partial charge >= 0.3 is 0 Å². The average Bonchev–Trinajstić information content (AvgIpc) is 2.63. The summed E-state index contributed by atoms with van der Waals surface area (Å²) in [6, 6.07) is 13.7. The highest BCUT2D eigenvalue weighted by Gasteiger charge is 2.47. The summed E-state index contributed by atoms with van der Waals surface area (Å²) in [7, 11) is 0. The number of aliphatic hydroxyl groups is 1. The Kier molecular flexibility index (Phi) is 5.28. The van der Waals surface area contributed by atoms with Crippen LogP contribution in [0.4, 0.5) is 4.39 Å². The number of amides is 2. The summed E-state index contributed by atoms with van der Waals surface area (Å²) in [4.78, 5) is 26.5. The Morgan fingerprint density at radius 2 is 1.78 bits per heavy atom. The lowest BCUT2D eigenvalue weighted by Gasteiger charge is -2.49. The zero-order valence-electron chi connectivity index (χ0n) is 15.4. The molecule has 27 heavy (non-hydrogen) atoms. The first-order valence-electron chi connectivity index (χ1n) is 8.91. The van der Waals surface area contributed by atoms with Crippen LogP contribution >= 0.6 is 0 Å². The van der Waals surface area contributed by atoms with Gasteiger partial charge in [-0.1, -0.05) is 42.5 Å². The fourth-order valence-electron chi connectivity index (χ4n) is 3.65. The molecule has 1 fully saturated rings. The lowest BCUT2D eigenvalue weighted by Crippen LogP contribution is -2.63. The minimum atomic E-state index is -1.21. The van der Waals surface area contributed by atoms with E-state index in [-0.39, 0.29) is 24.4 Å². The number of halogens is 1. The molecule has 2 aromatic carbocycles. The molecule has 142 valence electrons. The molecular weight excluding hydrogens is 347 g/mol. The maximum absolute atomic E-state index is 14.2. The summed E-state index contributed by atoms with van der Waals surface area (Å²) in [6.45, 7) is 3.26. The van der Waals surface area contributed by atoms with Crippen molar-refractivity contribution >= 4 is 11.8 Å². The van der Waals surface area contributed by atoms with Crippen molar-refractivity contribution in [2.45, 2.75) is 38.0 Å². The molecule has 2 aromatic rings. The Hall–Kier alpha value is -2.73. The van der Waals surface area contributed by atoms with Gasteiger partial charge in [0.25, 0.3) is 5.91 Å². The lowest BCUT2D eigenvalue weighted by atomic mass is 9.79. The van der Waals surface area contributed by atoms with Crippen LogP contribution < -0.4 is 5.32 Å². The number of likely N-dealkylation sites (tertiary alicyclic amines) is 1. The van der Waals surface area contributed by atoms with E-state index >= 15 is 0 Å². The molecule has 5 nitrogen and oxygen atoms in total. The molecule has 2 amide bonds. The van der Waals surface area contributed by atoms with Crippen LogP contribution in [0.15, 0.2) is 54.6 Å². The zero-order valence-corrected chi connectivity index (χ0v) is 15.4. The van der Waals surface area contributed by atoms with Crippen LogP contribution in [0, 0.1) is 5.82 Å². The summed E-state index contributed by atoms with van der Waals surface area (Å²) < 4.78 is 14.2. The molecule has 2 N–H and O–H groups in total. The summed E-state index contributed by atoms with van der Waals surface area (Å²) in [5.41, 5.74) is -0.472. The molecule has 3 atom stereocenters. The predicted octanol–water partition coefficient (Wildman–Crippen LogP) is 2.67. The quantitative estimate of drug-likeness (QED) is 0.873. The smallest absolute Gasteiger partial charge is 0.257 e. The number of benzene rings is 2. The van der Waals surface area contributed by atoms with E-state index in [1.54, 1.807) is 13.0 Å². The van der Waals surface area contributed by atoms with Gasteiger partial charge in [-0.25, -0.2) is 4.39 Å². The van der Waals surface area contributed by atoms with E-state index in [2.05, 4.69) is 5.32 Å². The van der Waals surface area contributed by atoms with Crippen molar-refractivity contribution in [1.29, 1.82) is 0 Å². The third-order valence-electron chi connectivity index (χ3n) is 5.05. The predicted molar refractivity (Wildman–Crippen MR) is 99.5 cm³/mol. The minimum Gasteiger partial charge on any atom is -0.388 e. The average molecular weight is 370 g/mol. The number of nitrogens with one attached hydrogen (secondary N) is 1. The number of rotatable bonds is 3. The highest BCUT2D eigenvalue weighted by atomic mass is 19.1. The number of piperidine rings is 1. The number of nitrogens with zero attached hydrogens (tertiary/aromatic N) is 1. The van der Waals surface area contributed by atoms with Gasteiger partial charge in [0.2, 0.25) is 5.91 Å². The molecule has 0 bridgehead atoms. The zero-order chi connectivity index (χ0) is 19.6. The number of carbonyl (C=O) groups is 2. The van der Waals surface area contributed by atoms with Crippen LogP contribution in [0.2, 0.25) is 0 Å². The second-order valence-electron chi connectivity index (χ2n) is 7.12. The minimum absolute atomic E-state index is 0.0263. The molecule has 1 heterocycles. The molecular formula is C21H23FN2O3. The molecule has 3 rings (SSSR count). The molecule has 0 saturated carbocycles. The summed E-state index contributed by atoms with van der Waals surface area (Å²) in [5, 5.41) is 13.7. The van der Waals surface area contributed by atoms with Gasteiger partial charge in [0.1, 0.15) is 5.82 Å². The largest absolute Gasteiger partial charge is 0.388 e. The Bertz CT molecular complexity index is 838. The molecule has 0 radical (unpaired) electrons. The van der Waals surface area contributed by atoms with Gasteiger partial charge in [0.15, 0.2) is 0 Å². The Labute approximate surface area is 157 Å². The van der Waals surface area contributed by atoms with Crippen LogP contribution in [0.3, 0.4) is 0 Å². The number of hydrogen-bond acceptors (Lipinski definition) is 3. The molecule has 1 saturated heterocycles. The van der Waals surface area contributed by atoms with Gasteiger partial charge in [-0.15, -0.1) is 0 Å². The summed E-state index contributed by atoms with van der Waals surface area (Å²) in [6.07, 6.45) is 0.265. The summed E-state index contributed by atoms with van der Waals surface area (Å²) in [5.74, 6) is -1.36. The van der Waals surface area contributed by atoms with Crippen molar-refractivity contribution < 1.29 is 19.1 Å². The first-order chi connectivity index (χ1) is 12.8. The van der Waals surface area contributed by atoms with E-state index in [0.29, 0.717) is 0 Å². The first kappa shape index (κ1) is 19.0. The Balaban J connectivity index is 2.07. The highest BCUT2D eigenvalue weighted by molar-refractivity contribution is 5.95. The Morgan fingerprint density at radius 1 is 1.15 bits per heavy atom. The van der Waals surface area contributed by atoms with E-state index in [1.807, 2.05) is 30.3 Å². The van der Waals surface area contributed by atoms with Crippen LogP contribution in [-0.2, 0) is 4.79 Å². The maximum Gasteiger partial charge on any atom is 0.257 e. The topological polar surface area (TPSA) is 69.6 Å². The molecule has 1 aliphatic heterocycles. The molecule has 0 aromatic heterocycles. The third-order valence-corrected chi connectivity index (χ3v) is 5.05. The van der Waals surface area contributed by atoms with Gasteiger partial charge in [-0.05, 0) is 31.0 Å². The SMILES string of the molecule is CC(=O)NC1C(c2ccccc2)N(C(=O)c2ccccc2F)CCC1(C)O. The second kappa shape index (κ2) is 7.48. The van der Waals surface area contributed by atoms with Crippen molar-refractivity contribution in [3.63, 3.8) is 0 Å². The van der Waals surface area contributed by atoms with Crippen LogP contribution in [0.25, 0.3) is 0 Å². The van der Waals surface area contributed by atoms with E-state index in [9.17, 15) is 19.1 Å². The van der Waals surface area contributed by atoms with Gasteiger partial charge in [-0.2, -0.15) is 0 Å². The van der Waals surface area contributed by atoms with Crippen molar-refractivity contribution in [3.05, 3.63) is 71.5 Å². The molecule has 0 aliphatic carbocycles. The van der Waals surface area contributed by atoms with Gasteiger partial charge < -0.3 is 15.3 Å². The maximum atomic E-state index is 14.2. The van der Waals surface area contributed by atoms with E-state index in [4.69, 9.17) is 0 Å². The molecule has 1 aliphatic rings. The molecule has 3 unspecified atom stereocenters. The molecule has 6 heteroatoms. The second-order valence-corrected chi connectivity index (χ2v) is 7.12. The van der Waals surface area contributed by atoms with Crippen LogP contribution in [0.1, 0.15) is 42.2 Å². The summed E-state index contributed by atoms with van der Waals surface area (Å²) >= 11 is 0. The van der Waals surface area contributed by atoms with Gasteiger partial charge in [0, 0.05) is 13.5 Å². The normalized spacial score (nSPS) is 25.1. The van der Waals surface area contributed by atoms with Crippen molar-refractivity contribution in [3.8, 4) is 0 Å². The van der Waals surface area contributed by atoms with Crippen LogP contribution in [-0.4, -0.2) is 40.0 Å². The first-order valence-corrected chi connectivity index (χ1v) is 8.91.